The van der Waals surface area contributed by atoms with Gasteiger partial charge in [-0.15, -0.1) is 0 Å². The van der Waals surface area contributed by atoms with Crippen LogP contribution in [0.5, 0.6) is 0 Å². The molecule has 3 unspecified atom stereocenters. The Morgan fingerprint density at radius 3 is 2.12 bits per heavy atom. The maximum atomic E-state index is 12.9. The average Bonchev–Trinajstić information content (AvgIpc) is 3.22. The Labute approximate surface area is 191 Å². The molecule has 32 heavy (non-hydrogen) atoms. The number of ether oxygens (including phenoxy) is 2. The normalized spacial score (nSPS) is 19.6. The van der Waals surface area contributed by atoms with Crippen molar-refractivity contribution < 1.29 is 19.1 Å². The van der Waals surface area contributed by atoms with Crippen molar-refractivity contribution in [1.82, 2.24) is 9.80 Å². The van der Waals surface area contributed by atoms with E-state index in [2.05, 4.69) is 21.9 Å². The Kier molecular flexibility index (Phi) is 8.82. The van der Waals surface area contributed by atoms with Gasteiger partial charge in [0.25, 0.3) is 0 Å². The Balaban J connectivity index is 1.88. The van der Waals surface area contributed by atoms with Crippen LogP contribution in [0.1, 0.15) is 31.9 Å². The van der Waals surface area contributed by atoms with Gasteiger partial charge in [-0.1, -0.05) is 60.7 Å². The van der Waals surface area contributed by atoms with E-state index in [1.165, 1.54) is 5.56 Å². The van der Waals surface area contributed by atoms with E-state index in [9.17, 15) is 9.59 Å². The third-order valence-electron chi connectivity index (χ3n) is 5.96. The molecule has 1 saturated heterocycles. The smallest absolute Gasteiger partial charge is 0.323 e. The second-order valence-electron chi connectivity index (χ2n) is 8.19. The Morgan fingerprint density at radius 2 is 1.53 bits per heavy atom. The third-order valence-corrected chi connectivity index (χ3v) is 5.96. The first kappa shape index (κ1) is 24.0. The largest absolute Gasteiger partial charge is 0.466 e. The lowest BCUT2D eigenvalue weighted by atomic mass is 9.99. The minimum absolute atomic E-state index is 0.155. The summed E-state index contributed by atoms with van der Waals surface area (Å²) in [5, 5.41) is 0. The number of carbonyl (C=O) groups excluding carboxylic acids is 2. The van der Waals surface area contributed by atoms with Crippen molar-refractivity contribution >= 4 is 11.9 Å². The van der Waals surface area contributed by atoms with Crippen LogP contribution in [0.4, 0.5) is 0 Å². The molecular formula is C26H34N2O4. The predicted octanol–water partition coefficient (Wildman–Crippen LogP) is 3.50. The molecule has 0 spiro atoms. The van der Waals surface area contributed by atoms with Crippen LogP contribution in [0, 0.1) is 5.92 Å². The molecule has 3 atom stereocenters. The minimum atomic E-state index is -0.478. The van der Waals surface area contributed by atoms with Crippen molar-refractivity contribution in [2.75, 3.05) is 26.3 Å². The minimum Gasteiger partial charge on any atom is -0.466 e. The second kappa shape index (κ2) is 11.8. The van der Waals surface area contributed by atoms with Gasteiger partial charge in [-0.3, -0.25) is 19.4 Å². The van der Waals surface area contributed by atoms with Crippen molar-refractivity contribution in [3.05, 3.63) is 71.8 Å². The number of hydrogen-bond acceptors (Lipinski definition) is 6. The number of likely N-dealkylation sites (tertiary alicyclic amines) is 1. The fourth-order valence-electron chi connectivity index (χ4n) is 4.39. The highest BCUT2D eigenvalue weighted by Gasteiger charge is 2.44. The van der Waals surface area contributed by atoms with Crippen LogP contribution in [-0.2, 0) is 32.2 Å². The zero-order valence-corrected chi connectivity index (χ0v) is 19.3. The summed E-state index contributed by atoms with van der Waals surface area (Å²) >= 11 is 0. The van der Waals surface area contributed by atoms with E-state index in [0.717, 1.165) is 12.1 Å². The van der Waals surface area contributed by atoms with Gasteiger partial charge in [-0.25, -0.2) is 0 Å². The molecular weight excluding hydrogens is 404 g/mol. The number of benzene rings is 2. The maximum Gasteiger partial charge on any atom is 0.323 e. The highest BCUT2D eigenvalue weighted by Crippen LogP contribution is 2.28. The molecule has 2 aromatic carbocycles. The van der Waals surface area contributed by atoms with Gasteiger partial charge in [0.2, 0.25) is 0 Å². The molecule has 0 N–H and O–H groups in total. The first-order chi connectivity index (χ1) is 15.5. The van der Waals surface area contributed by atoms with Crippen LogP contribution in [0.2, 0.25) is 0 Å². The molecule has 0 amide bonds. The Bertz CT molecular complexity index is 859. The molecule has 1 fully saturated rings. The monoisotopic (exact) mass is 438 g/mol. The molecule has 172 valence electrons. The van der Waals surface area contributed by atoms with Crippen molar-refractivity contribution in [2.45, 2.75) is 45.9 Å². The van der Waals surface area contributed by atoms with Crippen LogP contribution in [-0.4, -0.2) is 60.1 Å². The molecule has 0 aliphatic carbocycles. The van der Waals surface area contributed by atoms with E-state index in [1.54, 1.807) is 0 Å². The van der Waals surface area contributed by atoms with E-state index in [-0.39, 0.29) is 23.9 Å². The van der Waals surface area contributed by atoms with Gasteiger partial charge in [0.1, 0.15) is 6.04 Å². The lowest BCUT2D eigenvalue weighted by Gasteiger charge is -2.35. The number of nitrogens with zero attached hydrogens (tertiary/aromatic N) is 2. The lowest BCUT2D eigenvalue weighted by Crippen LogP contribution is -2.51. The number of hydrogen-bond donors (Lipinski definition) is 0. The van der Waals surface area contributed by atoms with Crippen LogP contribution in [0.15, 0.2) is 60.7 Å². The third kappa shape index (κ3) is 6.17. The van der Waals surface area contributed by atoms with Crippen molar-refractivity contribution in [1.29, 1.82) is 0 Å². The highest BCUT2D eigenvalue weighted by atomic mass is 16.5. The van der Waals surface area contributed by atoms with Gasteiger partial charge in [0, 0.05) is 32.2 Å². The summed E-state index contributed by atoms with van der Waals surface area (Å²) in [6.45, 7) is 8.75. The maximum absolute atomic E-state index is 12.9. The number of rotatable bonds is 10. The van der Waals surface area contributed by atoms with E-state index in [1.807, 2.05) is 69.3 Å². The van der Waals surface area contributed by atoms with Crippen molar-refractivity contribution in [3.8, 4) is 0 Å². The second-order valence-corrected chi connectivity index (χ2v) is 8.19. The summed E-state index contributed by atoms with van der Waals surface area (Å²) in [6.07, 6.45) is 0. The molecule has 6 heteroatoms. The summed E-state index contributed by atoms with van der Waals surface area (Å²) < 4.78 is 10.8. The lowest BCUT2D eigenvalue weighted by molar-refractivity contribution is -0.155. The molecule has 6 nitrogen and oxygen atoms in total. The van der Waals surface area contributed by atoms with E-state index < -0.39 is 6.04 Å². The van der Waals surface area contributed by atoms with E-state index >= 15 is 0 Å². The zero-order valence-electron chi connectivity index (χ0n) is 19.3. The van der Waals surface area contributed by atoms with Gasteiger partial charge in [-0.05, 0) is 31.9 Å². The van der Waals surface area contributed by atoms with Gasteiger partial charge < -0.3 is 9.47 Å². The Morgan fingerprint density at radius 1 is 0.938 bits per heavy atom. The molecule has 0 bridgehead atoms. The van der Waals surface area contributed by atoms with Gasteiger partial charge in [0.15, 0.2) is 0 Å². The molecule has 1 aliphatic rings. The van der Waals surface area contributed by atoms with Crippen molar-refractivity contribution in [3.63, 3.8) is 0 Å². The molecule has 2 aromatic rings. The summed E-state index contributed by atoms with van der Waals surface area (Å²) in [6, 6.07) is 19.6. The highest BCUT2D eigenvalue weighted by molar-refractivity contribution is 5.76. The van der Waals surface area contributed by atoms with Crippen LogP contribution in [0.3, 0.4) is 0 Å². The SMILES string of the molecule is CCOC(=O)C1CN(Cc2ccccc2)CC1N(Cc1ccccc1)C(C)C(=O)OCC. The van der Waals surface area contributed by atoms with Gasteiger partial charge in [-0.2, -0.15) is 0 Å². The molecule has 0 radical (unpaired) electrons. The fourth-order valence-corrected chi connectivity index (χ4v) is 4.39. The number of esters is 2. The summed E-state index contributed by atoms with van der Waals surface area (Å²) in [5.41, 5.74) is 2.29. The van der Waals surface area contributed by atoms with Gasteiger partial charge in [0.05, 0.1) is 19.1 Å². The summed E-state index contributed by atoms with van der Waals surface area (Å²) in [7, 11) is 0. The average molecular weight is 439 g/mol. The quantitative estimate of drug-likeness (QED) is 0.529. The van der Waals surface area contributed by atoms with Crippen LogP contribution in [0.25, 0.3) is 0 Å². The molecule has 1 heterocycles. The summed E-state index contributed by atoms with van der Waals surface area (Å²) in [5.74, 6) is -0.811. The topological polar surface area (TPSA) is 59.1 Å². The van der Waals surface area contributed by atoms with Crippen molar-refractivity contribution in [2.24, 2.45) is 5.92 Å². The molecule has 1 aliphatic heterocycles. The predicted molar refractivity (Wildman–Crippen MR) is 124 cm³/mol. The summed E-state index contributed by atoms with van der Waals surface area (Å²) in [4.78, 5) is 30.0. The molecule has 3 rings (SSSR count). The van der Waals surface area contributed by atoms with Crippen LogP contribution >= 0.6 is 0 Å². The molecule has 0 aromatic heterocycles. The first-order valence-corrected chi connectivity index (χ1v) is 11.4. The van der Waals surface area contributed by atoms with E-state index in [0.29, 0.717) is 32.8 Å². The fraction of sp³-hybridized carbons (Fsp3) is 0.462. The zero-order chi connectivity index (χ0) is 22.9. The van der Waals surface area contributed by atoms with Gasteiger partial charge >= 0.3 is 11.9 Å². The number of carbonyl (C=O) groups is 2. The first-order valence-electron chi connectivity index (χ1n) is 11.4. The standard InChI is InChI=1S/C26H34N2O4/c1-4-31-25(29)20(3)28(17-22-14-10-7-11-15-22)24-19-27(16-21-12-8-6-9-13-21)18-23(24)26(30)32-5-2/h6-15,20,23-24H,4-5,16-19H2,1-3H3. The Hall–Kier alpha value is -2.70. The van der Waals surface area contributed by atoms with Crippen LogP contribution < -0.4 is 0 Å². The van der Waals surface area contributed by atoms with E-state index in [4.69, 9.17) is 9.47 Å². The molecule has 0 saturated carbocycles.